The number of rotatable bonds is 6. The average molecular weight is 450 g/mol. The molecule has 0 aliphatic rings. The van der Waals surface area contributed by atoms with E-state index in [4.69, 9.17) is 16.3 Å². The van der Waals surface area contributed by atoms with Crippen LogP contribution in [0.5, 0.6) is 5.75 Å². The van der Waals surface area contributed by atoms with Crippen LogP contribution >= 0.6 is 11.6 Å². The lowest BCUT2D eigenvalue weighted by Gasteiger charge is -2.11. The molecule has 0 fully saturated rings. The summed E-state index contributed by atoms with van der Waals surface area (Å²) in [5, 5.41) is 21.7. The van der Waals surface area contributed by atoms with Gasteiger partial charge in [0.2, 0.25) is 0 Å². The second kappa shape index (κ2) is 9.41. The van der Waals surface area contributed by atoms with E-state index in [1.165, 1.54) is 18.2 Å². The fourth-order valence-corrected chi connectivity index (χ4v) is 3.52. The van der Waals surface area contributed by atoms with Crippen LogP contribution in [0.1, 0.15) is 27.3 Å². The number of hydrogen-bond acceptors (Lipinski definition) is 4. The monoisotopic (exact) mass is 449 g/mol. The summed E-state index contributed by atoms with van der Waals surface area (Å²) in [5.41, 5.74) is 3.28. The third-order valence-electron chi connectivity index (χ3n) is 4.92. The molecule has 0 saturated heterocycles. The van der Waals surface area contributed by atoms with Gasteiger partial charge < -0.3 is 19.7 Å². The van der Waals surface area contributed by atoms with E-state index in [-0.39, 0.29) is 16.2 Å². The predicted molar refractivity (Wildman–Crippen MR) is 122 cm³/mol. The predicted octanol–water partition coefficient (Wildman–Crippen LogP) is 5.00. The molecule has 1 heterocycles. The Hall–Kier alpha value is -4.02. The third kappa shape index (κ3) is 4.66. The summed E-state index contributed by atoms with van der Waals surface area (Å²) in [7, 11) is 1.55. The van der Waals surface area contributed by atoms with Gasteiger partial charge in [0.15, 0.2) is 0 Å². The second-order valence-electron chi connectivity index (χ2n) is 6.98. The first-order valence-electron chi connectivity index (χ1n) is 9.54. The number of carbonyl (C=O) groups is 2. The summed E-state index contributed by atoms with van der Waals surface area (Å²) in [6.45, 7) is 3.67. The van der Waals surface area contributed by atoms with Gasteiger partial charge in [0.05, 0.1) is 17.7 Å². The molecule has 32 heavy (non-hydrogen) atoms. The highest BCUT2D eigenvalue weighted by Gasteiger charge is 2.16. The van der Waals surface area contributed by atoms with Gasteiger partial charge in [0, 0.05) is 22.8 Å². The number of methoxy groups -OCH3 is 1. The molecule has 162 valence electrons. The van der Waals surface area contributed by atoms with E-state index in [1.54, 1.807) is 37.4 Å². The van der Waals surface area contributed by atoms with Crippen molar-refractivity contribution in [2.24, 2.45) is 0 Å². The Morgan fingerprint density at radius 3 is 2.44 bits per heavy atom. The van der Waals surface area contributed by atoms with Gasteiger partial charge in [-0.2, -0.15) is 5.26 Å². The van der Waals surface area contributed by atoms with Crippen LogP contribution in [-0.4, -0.2) is 28.7 Å². The first-order chi connectivity index (χ1) is 15.2. The number of aryl methyl sites for hydroxylation is 1. The van der Waals surface area contributed by atoms with Gasteiger partial charge in [-0.3, -0.25) is 4.79 Å². The van der Waals surface area contributed by atoms with E-state index in [9.17, 15) is 20.0 Å². The van der Waals surface area contributed by atoms with Crippen LogP contribution in [0.4, 0.5) is 5.69 Å². The zero-order valence-corrected chi connectivity index (χ0v) is 18.4. The molecule has 0 aliphatic carbocycles. The number of nitrogens with one attached hydrogen (secondary N) is 1. The first-order valence-corrected chi connectivity index (χ1v) is 9.92. The number of halogens is 1. The Morgan fingerprint density at radius 1 is 1.16 bits per heavy atom. The zero-order chi connectivity index (χ0) is 23.4. The van der Waals surface area contributed by atoms with Crippen LogP contribution in [-0.2, 0) is 4.79 Å². The second-order valence-corrected chi connectivity index (χ2v) is 7.39. The normalized spacial score (nSPS) is 11.0. The van der Waals surface area contributed by atoms with Crippen LogP contribution in [0.15, 0.2) is 54.1 Å². The van der Waals surface area contributed by atoms with Crippen LogP contribution < -0.4 is 10.1 Å². The number of nitrogens with zero attached hydrogens (tertiary/aromatic N) is 2. The van der Waals surface area contributed by atoms with Crippen LogP contribution in [0.2, 0.25) is 5.02 Å². The number of anilines is 1. The number of benzene rings is 2. The van der Waals surface area contributed by atoms with Gasteiger partial charge in [-0.25, -0.2) is 4.79 Å². The van der Waals surface area contributed by atoms with E-state index >= 15 is 0 Å². The SMILES string of the molecule is COc1ccc(NC(=O)/C(C#N)=C/c2cc(C)n(-c3ccc(Cl)c(C(=O)O)c3)c2C)cc1. The number of aromatic carboxylic acids is 1. The van der Waals surface area contributed by atoms with E-state index in [0.717, 1.165) is 11.4 Å². The number of carboxylic acid groups (broad SMARTS) is 1. The molecule has 1 aromatic heterocycles. The number of carbonyl (C=O) groups excluding carboxylic acids is 1. The van der Waals surface area contributed by atoms with Crippen molar-refractivity contribution in [1.29, 1.82) is 5.26 Å². The van der Waals surface area contributed by atoms with E-state index in [1.807, 2.05) is 30.6 Å². The zero-order valence-electron chi connectivity index (χ0n) is 17.6. The quantitative estimate of drug-likeness (QED) is 0.407. The molecule has 2 aromatic carbocycles. The topological polar surface area (TPSA) is 104 Å². The van der Waals surface area contributed by atoms with Gasteiger partial charge in [-0.05, 0) is 74.0 Å². The van der Waals surface area contributed by atoms with E-state index in [2.05, 4.69) is 5.32 Å². The van der Waals surface area contributed by atoms with Crippen molar-refractivity contribution in [2.45, 2.75) is 13.8 Å². The summed E-state index contributed by atoms with van der Waals surface area (Å²) < 4.78 is 6.93. The maximum absolute atomic E-state index is 12.6. The lowest BCUT2D eigenvalue weighted by Crippen LogP contribution is -2.13. The number of hydrogen-bond donors (Lipinski definition) is 2. The molecule has 0 aliphatic heterocycles. The summed E-state index contributed by atoms with van der Waals surface area (Å²) in [6, 6.07) is 15.3. The van der Waals surface area contributed by atoms with Gasteiger partial charge in [-0.1, -0.05) is 11.6 Å². The van der Waals surface area contributed by atoms with Crippen molar-refractivity contribution in [3.63, 3.8) is 0 Å². The molecule has 0 unspecified atom stereocenters. The molecule has 7 nitrogen and oxygen atoms in total. The Kier molecular flexibility index (Phi) is 6.67. The summed E-state index contributed by atoms with van der Waals surface area (Å²) in [6.07, 6.45) is 1.51. The first kappa shape index (κ1) is 22.7. The molecule has 3 rings (SSSR count). The highest BCUT2D eigenvalue weighted by atomic mass is 35.5. The van der Waals surface area contributed by atoms with E-state index in [0.29, 0.717) is 22.7 Å². The number of nitriles is 1. The highest BCUT2D eigenvalue weighted by Crippen LogP contribution is 2.26. The van der Waals surface area contributed by atoms with Crippen molar-refractivity contribution in [3.05, 3.63) is 81.6 Å². The maximum atomic E-state index is 12.6. The molecule has 1 amide bonds. The van der Waals surface area contributed by atoms with Gasteiger partial charge in [0.25, 0.3) is 5.91 Å². The minimum absolute atomic E-state index is 0.00894. The van der Waals surface area contributed by atoms with E-state index < -0.39 is 11.9 Å². The average Bonchev–Trinajstić information content (AvgIpc) is 3.05. The molecule has 3 aromatic rings. The van der Waals surface area contributed by atoms with Gasteiger partial charge >= 0.3 is 5.97 Å². The Labute approximate surface area is 190 Å². The lowest BCUT2D eigenvalue weighted by molar-refractivity contribution is -0.112. The largest absolute Gasteiger partial charge is 0.497 e. The van der Waals surface area contributed by atoms with Crippen molar-refractivity contribution in [1.82, 2.24) is 4.57 Å². The lowest BCUT2D eigenvalue weighted by atomic mass is 10.1. The molecule has 0 atom stereocenters. The fraction of sp³-hybridized carbons (Fsp3) is 0.125. The molecular formula is C24H20ClN3O4. The maximum Gasteiger partial charge on any atom is 0.337 e. The molecule has 0 bridgehead atoms. The Morgan fingerprint density at radius 2 is 1.84 bits per heavy atom. The van der Waals surface area contributed by atoms with Crippen LogP contribution in [0.25, 0.3) is 11.8 Å². The third-order valence-corrected chi connectivity index (χ3v) is 5.25. The molecular weight excluding hydrogens is 430 g/mol. The van der Waals surface area contributed by atoms with Crippen molar-refractivity contribution in [2.75, 3.05) is 12.4 Å². The van der Waals surface area contributed by atoms with Crippen LogP contribution in [0.3, 0.4) is 0 Å². The highest BCUT2D eigenvalue weighted by molar-refractivity contribution is 6.33. The smallest absolute Gasteiger partial charge is 0.337 e. The minimum atomic E-state index is -1.12. The molecule has 0 radical (unpaired) electrons. The van der Waals surface area contributed by atoms with Gasteiger partial charge in [0.1, 0.15) is 17.4 Å². The van der Waals surface area contributed by atoms with Crippen molar-refractivity contribution >= 4 is 35.2 Å². The molecule has 0 saturated carbocycles. The number of ether oxygens (including phenoxy) is 1. The van der Waals surface area contributed by atoms with Crippen molar-refractivity contribution < 1.29 is 19.4 Å². The molecule has 8 heteroatoms. The molecule has 2 N–H and O–H groups in total. The van der Waals surface area contributed by atoms with Crippen LogP contribution in [0, 0.1) is 25.2 Å². The van der Waals surface area contributed by atoms with Gasteiger partial charge in [-0.15, -0.1) is 0 Å². The Balaban J connectivity index is 1.94. The fourth-order valence-electron chi connectivity index (χ4n) is 3.32. The van der Waals surface area contributed by atoms with Crippen molar-refractivity contribution in [3.8, 4) is 17.5 Å². The summed E-state index contributed by atoms with van der Waals surface area (Å²) in [4.78, 5) is 24.0. The number of aromatic nitrogens is 1. The number of carboxylic acids is 1. The number of amides is 1. The standard InChI is InChI=1S/C24H20ClN3O4/c1-14-10-16(15(2)28(14)19-6-9-22(25)21(12-19)24(30)31)11-17(13-26)23(29)27-18-4-7-20(32-3)8-5-18/h4-12H,1-3H3,(H,27,29)(H,30,31)/b17-11+. The Bertz CT molecular complexity index is 1270. The minimum Gasteiger partial charge on any atom is -0.497 e. The molecule has 0 spiro atoms. The summed E-state index contributed by atoms with van der Waals surface area (Å²) in [5.74, 6) is -1.01. The summed E-state index contributed by atoms with van der Waals surface area (Å²) >= 11 is 5.98.